The van der Waals surface area contributed by atoms with E-state index in [-0.39, 0.29) is 0 Å². The van der Waals surface area contributed by atoms with Gasteiger partial charge in [-0.3, -0.25) is 0 Å². The zero-order valence-corrected chi connectivity index (χ0v) is 12.6. The molecule has 1 rings (SSSR count). The van der Waals surface area contributed by atoms with Crippen molar-refractivity contribution in [2.75, 3.05) is 6.61 Å². The van der Waals surface area contributed by atoms with Crippen LogP contribution >= 0.6 is 0 Å². The normalized spacial score (nSPS) is 14.7. The predicted octanol–water partition coefficient (Wildman–Crippen LogP) is 2.34. The molecule has 5 heteroatoms. The van der Waals surface area contributed by atoms with Crippen molar-refractivity contribution in [1.82, 2.24) is 4.72 Å². The van der Waals surface area contributed by atoms with Crippen molar-refractivity contribution >= 4 is 17.0 Å². The monoisotopic (exact) mass is 283 g/mol. The Hall–Kier alpha value is -1.20. The van der Waals surface area contributed by atoms with Gasteiger partial charge in [-0.25, -0.2) is 13.7 Å². The van der Waals surface area contributed by atoms with Crippen molar-refractivity contribution in [2.24, 2.45) is 0 Å². The van der Waals surface area contributed by atoms with Crippen LogP contribution < -0.4 is 4.72 Å². The SMILES string of the molecule is CCOC(=O)[C@H](N[S@](=O)C(C)(C)C)c1ccccc1. The molecule has 0 radical (unpaired) electrons. The number of benzene rings is 1. The van der Waals surface area contributed by atoms with E-state index < -0.39 is 27.7 Å². The molecule has 0 amide bonds. The van der Waals surface area contributed by atoms with Crippen molar-refractivity contribution in [1.29, 1.82) is 0 Å². The molecular formula is C14H21NO3S. The summed E-state index contributed by atoms with van der Waals surface area (Å²) in [6, 6.07) is 8.46. The third-order valence-corrected chi connectivity index (χ3v) is 4.00. The number of nitrogens with one attached hydrogen (secondary N) is 1. The molecule has 0 unspecified atom stereocenters. The number of hydrogen-bond acceptors (Lipinski definition) is 3. The fraction of sp³-hybridized carbons (Fsp3) is 0.500. The smallest absolute Gasteiger partial charge is 0.328 e. The standard InChI is InChI=1S/C14H21NO3S/c1-5-18-13(16)12(11-9-7-6-8-10-11)15-19(17)14(2,3)4/h6-10,12,15H,5H2,1-4H3/t12-,19-/m1/s1. The Kier molecular flexibility index (Phi) is 5.69. The molecule has 0 heterocycles. The maximum atomic E-state index is 12.1. The van der Waals surface area contributed by atoms with Gasteiger partial charge in [0.25, 0.3) is 0 Å². The highest BCUT2D eigenvalue weighted by Crippen LogP contribution is 2.18. The van der Waals surface area contributed by atoms with E-state index >= 15 is 0 Å². The van der Waals surface area contributed by atoms with E-state index in [4.69, 9.17) is 4.74 Å². The molecule has 0 aliphatic heterocycles. The van der Waals surface area contributed by atoms with Crippen molar-refractivity contribution in [3.05, 3.63) is 35.9 Å². The van der Waals surface area contributed by atoms with Gasteiger partial charge >= 0.3 is 5.97 Å². The Morgan fingerprint density at radius 2 is 1.89 bits per heavy atom. The molecule has 19 heavy (non-hydrogen) atoms. The third kappa shape index (κ3) is 4.76. The Morgan fingerprint density at radius 1 is 1.32 bits per heavy atom. The molecule has 4 nitrogen and oxygen atoms in total. The molecule has 0 saturated carbocycles. The maximum Gasteiger partial charge on any atom is 0.328 e. The fourth-order valence-corrected chi connectivity index (χ4v) is 2.21. The molecule has 106 valence electrons. The molecule has 0 saturated heterocycles. The Labute approximate surface area is 117 Å². The van der Waals surface area contributed by atoms with Crippen molar-refractivity contribution in [2.45, 2.75) is 38.5 Å². The average Bonchev–Trinajstić information content (AvgIpc) is 2.35. The first-order chi connectivity index (χ1) is 8.86. The van der Waals surface area contributed by atoms with Crippen LogP contribution in [0.15, 0.2) is 30.3 Å². The minimum atomic E-state index is -1.34. The molecule has 0 aliphatic rings. The predicted molar refractivity (Wildman–Crippen MR) is 76.8 cm³/mol. The lowest BCUT2D eigenvalue weighted by Gasteiger charge is -2.23. The van der Waals surface area contributed by atoms with Gasteiger partial charge in [0.1, 0.15) is 6.04 Å². The lowest BCUT2D eigenvalue weighted by molar-refractivity contribution is -0.145. The van der Waals surface area contributed by atoms with Crippen LogP contribution in [0.3, 0.4) is 0 Å². The first-order valence-corrected chi connectivity index (χ1v) is 7.41. The van der Waals surface area contributed by atoms with Gasteiger partial charge in [0.2, 0.25) is 0 Å². The second kappa shape index (κ2) is 6.82. The van der Waals surface area contributed by atoms with Crippen molar-refractivity contribution in [3.63, 3.8) is 0 Å². The summed E-state index contributed by atoms with van der Waals surface area (Å²) in [6.45, 7) is 7.60. The molecule has 1 N–H and O–H groups in total. The Bertz CT molecular complexity index is 440. The zero-order valence-electron chi connectivity index (χ0n) is 11.8. The number of esters is 1. The summed E-state index contributed by atoms with van der Waals surface area (Å²) in [5, 5.41) is 0. The Morgan fingerprint density at radius 3 is 2.37 bits per heavy atom. The summed E-state index contributed by atoms with van der Waals surface area (Å²) < 4.78 is 19.6. The highest BCUT2D eigenvalue weighted by atomic mass is 32.2. The van der Waals surface area contributed by atoms with Crippen LogP contribution in [-0.4, -0.2) is 21.5 Å². The highest BCUT2D eigenvalue weighted by Gasteiger charge is 2.28. The first-order valence-electron chi connectivity index (χ1n) is 6.26. The van der Waals surface area contributed by atoms with Crippen LogP contribution in [0.2, 0.25) is 0 Å². The molecule has 2 atom stereocenters. The number of carbonyl (C=O) groups excluding carboxylic acids is 1. The van der Waals surface area contributed by atoms with E-state index in [1.165, 1.54) is 0 Å². The minimum absolute atomic E-state index is 0.298. The van der Waals surface area contributed by atoms with Crippen molar-refractivity contribution in [3.8, 4) is 0 Å². The molecule has 0 aromatic heterocycles. The molecule has 0 bridgehead atoms. The number of hydrogen-bond donors (Lipinski definition) is 1. The lowest BCUT2D eigenvalue weighted by atomic mass is 10.1. The number of rotatable bonds is 5. The van der Waals surface area contributed by atoms with Crippen molar-refractivity contribution < 1.29 is 13.7 Å². The van der Waals surface area contributed by atoms with Gasteiger partial charge in [-0.05, 0) is 33.3 Å². The second-order valence-corrected chi connectivity index (χ2v) is 7.09. The largest absolute Gasteiger partial charge is 0.465 e. The Balaban J connectivity index is 2.94. The summed E-state index contributed by atoms with van der Waals surface area (Å²) >= 11 is 0. The van der Waals surface area contributed by atoms with Crippen LogP contribution in [-0.2, 0) is 20.5 Å². The number of carbonyl (C=O) groups is 1. The maximum absolute atomic E-state index is 12.1. The van der Waals surface area contributed by atoms with E-state index in [2.05, 4.69) is 4.72 Å². The van der Waals surface area contributed by atoms with Gasteiger partial charge < -0.3 is 4.74 Å². The van der Waals surface area contributed by atoms with Gasteiger partial charge in [0.05, 0.1) is 22.3 Å². The summed E-state index contributed by atoms with van der Waals surface area (Å²) in [5.74, 6) is -0.411. The summed E-state index contributed by atoms with van der Waals surface area (Å²) in [6.07, 6.45) is 0. The lowest BCUT2D eigenvalue weighted by Crippen LogP contribution is -2.39. The third-order valence-electron chi connectivity index (χ3n) is 2.44. The molecular weight excluding hydrogens is 262 g/mol. The quantitative estimate of drug-likeness (QED) is 0.844. The number of ether oxygens (including phenoxy) is 1. The highest BCUT2D eigenvalue weighted by molar-refractivity contribution is 7.84. The van der Waals surface area contributed by atoms with Gasteiger partial charge in [0, 0.05) is 0 Å². The summed E-state index contributed by atoms with van der Waals surface area (Å²) in [4.78, 5) is 12.0. The van der Waals surface area contributed by atoms with E-state index in [9.17, 15) is 9.00 Å². The zero-order chi connectivity index (χ0) is 14.5. The van der Waals surface area contributed by atoms with Gasteiger partial charge in [-0.15, -0.1) is 0 Å². The molecule has 0 fully saturated rings. The second-order valence-electron chi connectivity index (χ2n) is 5.09. The van der Waals surface area contributed by atoms with Gasteiger partial charge in [-0.2, -0.15) is 0 Å². The molecule has 1 aromatic rings. The summed E-state index contributed by atoms with van der Waals surface area (Å²) in [7, 11) is -1.34. The average molecular weight is 283 g/mol. The van der Waals surface area contributed by atoms with E-state index in [0.717, 1.165) is 5.56 Å². The van der Waals surface area contributed by atoms with Crippen LogP contribution in [0.4, 0.5) is 0 Å². The van der Waals surface area contributed by atoms with Gasteiger partial charge in [0.15, 0.2) is 0 Å². The molecule has 0 aliphatic carbocycles. The topological polar surface area (TPSA) is 55.4 Å². The van der Waals surface area contributed by atoms with Gasteiger partial charge in [-0.1, -0.05) is 30.3 Å². The minimum Gasteiger partial charge on any atom is -0.465 e. The van der Waals surface area contributed by atoms with E-state index in [0.29, 0.717) is 6.61 Å². The van der Waals surface area contributed by atoms with E-state index in [1.54, 1.807) is 6.92 Å². The fourth-order valence-electron chi connectivity index (χ4n) is 1.41. The van der Waals surface area contributed by atoms with E-state index in [1.807, 2.05) is 51.1 Å². The molecule has 1 aromatic carbocycles. The van der Waals surface area contributed by atoms with Crippen LogP contribution in [0, 0.1) is 0 Å². The molecule has 0 spiro atoms. The summed E-state index contributed by atoms with van der Waals surface area (Å²) in [5.41, 5.74) is 0.749. The first kappa shape index (κ1) is 15.9. The van der Waals surface area contributed by atoms with Crippen LogP contribution in [0.25, 0.3) is 0 Å². The van der Waals surface area contributed by atoms with Crippen LogP contribution in [0.5, 0.6) is 0 Å². The van der Waals surface area contributed by atoms with Crippen LogP contribution in [0.1, 0.15) is 39.3 Å².